The third kappa shape index (κ3) is 2.86. The van der Waals surface area contributed by atoms with Crippen molar-refractivity contribution in [1.29, 1.82) is 0 Å². The van der Waals surface area contributed by atoms with Gasteiger partial charge in [0.1, 0.15) is 6.04 Å². The van der Waals surface area contributed by atoms with Crippen molar-refractivity contribution in [3.63, 3.8) is 0 Å². The highest BCUT2D eigenvalue weighted by Crippen LogP contribution is 2.43. The zero-order valence-corrected chi connectivity index (χ0v) is 12.6. The first-order valence-electron chi connectivity index (χ1n) is 8.31. The van der Waals surface area contributed by atoms with Gasteiger partial charge in [-0.25, -0.2) is 0 Å². The molecular formula is C16H27NO3. The highest BCUT2D eigenvalue weighted by Gasteiger charge is 2.43. The Kier molecular flexibility index (Phi) is 4.32. The van der Waals surface area contributed by atoms with Crippen LogP contribution in [0.5, 0.6) is 0 Å². The van der Waals surface area contributed by atoms with Crippen LogP contribution in [-0.2, 0) is 14.3 Å². The topological polar surface area (TPSA) is 38.8 Å². The summed E-state index contributed by atoms with van der Waals surface area (Å²) in [5, 5.41) is 0. The fraction of sp³-hybridized carbons (Fsp3) is 0.938. The van der Waals surface area contributed by atoms with Gasteiger partial charge in [0.25, 0.3) is 0 Å². The summed E-state index contributed by atoms with van der Waals surface area (Å²) in [7, 11) is 0. The largest absolute Gasteiger partial charge is 0.465 e. The number of hydrogen-bond donors (Lipinski definition) is 0. The van der Waals surface area contributed by atoms with E-state index in [4.69, 9.17) is 9.47 Å². The monoisotopic (exact) mass is 281 g/mol. The molecule has 2 heterocycles. The number of ether oxygens (including phenoxy) is 2. The molecule has 1 saturated carbocycles. The maximum Gasteiger partial charge on any atom is 0.323 e. The number of carbonyl (C=O) groups excluding carboxylic acids is 1. The molecule has 0 aromatic carbocycles. The predicted octanol–water partition coefficient (Wildman–Crippen LogP) is 2.51. The van der Waals surface area contributed by atoms with Gasteiger partial charge in [-0.2, -0.15) is 0 Å². The summed E-state index contributed by atoms with van der Waals surface area (Å²) < 4.78 is 11.6. The van der Waals surface area contributed by atoms with Crippen LogP contribution in [-0.4, -0.2) is 48.3 Å². The summed E-state index contributed by atoms with van der Waals surface area (Å²) >= 11 is 0. The Balaban J connectivity index is 1.53. The quantitative estimate of drug-likeness (QED) is 0.742. The highest BCUT2D eigenvalue weighted by atomic mass is 16.5. The summed E-state index contributed by atoms with van der Waals surface area (Å²) in [5.41, 5.74) is 0.198. The Labute approximate surface area is 121 Å². The van der Waals surface area contributed by atoms with Crippen molar-refractivity contribution >= 4 is 5.97 Å². The Morgan fingerprint density at radius 2 is 2.05 bits per heavy atom. The fourth-order valence-corrected chi connectivity index (χ4v) is 4.22. The molecule has 0 N–H and O–H groups in total. The van der Waals surface area contributed by atoms with Gasteiger partial charge in [-0.1, -0.05) is 12.8 Å². The Morgan fingerprint density at radius 1 is 1.25 bits per heavy atom. The first-order valence-corrected chi connectivity index (χ1v) is 8.31. The van der Waals surface area contributed by atoms with Crippen molar-refractivity contribution in [2.45, 2.75) is 76.0 Å². The molecule has 3 rings (SSSR count). The van der Waals surface area contributed by atoms with E-state index in [-0.39, 0.29) is 17.6 Å². The number of rotatable bonds is 4. The van der Waals surface area contributed by atoms with Crippen molar-refractivity contribution in [2.24, 2.45) is 0 Å². The standard InChI is InChI=1S/C16H27NO3/c1-2-19-15(18)14-6-5-11-17(14)12-13-7-10-16(20-13)8-3-4-9-16/h13-14H,2-12H2,1H3. The average molecular weight is 281 g/mol. The number of likely N-dealkylation sites (tertiary alicyclic amines) is 1. The lowest BCUT2D eigenvalue weighted by atomic mass is 9.98. The molecule has 2 atom stereocenters. The van der Waals surface area contributed by atoms with Gasteiger partial charge in [0.2, 0.25) is 0 Å². The molecule has 3 fully saturated rings. The zero-order chi connectivity index (χ0) is 14.0. The van der Waals surface area contributed by atoms with Crippen molar-refractivity contribution < 1.29 is 14.3 Å². The fourth-order valence-electron chi connectivity index (χ4n) is 4.22. The van der Waals surface area contributed by atoms with E-state index in [1.54, 1.807) is 0 Å². The zero-order valence-electron chi connectivity index (χ0n) is 12.6. The van der Waals surface area contributed by atoms with Crippen LogP contribution in [0.15, 0.2) is 0 Å². The second-order valence-electron chi connectivity index (χ2n) is 6.57. The lowest BCUT2D eigenvalue weighted by molar-refractivity contribution is -0.149. The van der Waals surface area contributed by atoms with Crippen LogP contribution in [0.4, 0.5) is 0 Å². The molecule has 0 bridgehead atoms. The number of carbonyl (C=O) groups is 1. The van der Waals surface area contributed by atoms with Gasteiger partial charge in [0, 0.05) is 6.54 Å². The molecule has 4 heteroatoms. The molecule has 1 spiro atoms. The van der Waals surface area contributed by atoms with Crippen LogP contribution in [0.1, 0.15) is 58.3 Å². The van der Waals surface area contributed by atoms with E-state index < -0.39 is 0 Å². The molecular weight excluding hydrogens is 254 g/mol. The van der Waals surface area contributed by atoms with Crippen molar-refractivity contribution in [1.82, 2.24) is 4.90 Å². The Morgan fingerprint density at radius 3 is 2.80 bits per heavy atom. The van der Waals surface area contributed by atoms with Crippen molar-refractivity contribution in [2.75, 3.05) is 19.7 Å². The van der Waals surface area contributed by atoms with E-state index in [2.05, 4.69) is 4.90 Å². The molecule has 0 radical (unpaired) electrons. The lowest BCUT2D eigenvalue weighted by Gasteiger charge is -2.28. The molecule has 3 aliphatic rings. The molecule has 0 aromatic heterocycles. The molecule has 1 aliphatic carbocycles. The van der Waals surface area contributed by atoms with E-state index in [9.17, 15) is 4.79 Å². The molecule has 0 aromatic rings. The predicted molar refractivity (Wildman–Crippen MR) is 76.5 cm³/mol. The van der Waals surface area contributed by atoms with Gasteiger partial charge in [0.05, 0.1) is 18.3 Å². The van der Waals surface area contributed by atoms with Gasteiger partial charge >= 0.3 is 5.97 Å². The van der Waals surface area contributed by atoms with Crippen LogP contribution in [0, 0.1) is 0 Å². The normalized spacial score (nSPS) is 33.0. The highest BCUT2D eigenvalue weighted by molar-refractivity contribution is 5.76. The maximum absolute atomic E-state index is 12.0. The van der Waals surface area contributed by atoms with Gasteiger partial charge in [-0.3, -0.25) is 9.69 Å². The van der Waals surface area contributed by atoms with Crippen molar-refractivity contribution in [3.05, 3.63) is 0 Å². The van der Waals surface area contributed by atoms with Crippen LogP contribution in [0.3, 0.4) is 0 Å². The Bertz CT molecular complexity index is 352. The summed E-state index contributed by atoms with van der Waals surface area (Å²) in [6, 6.07) is -0.0290. The molecule has 2 aliphatic heterocycles. The van der Waals surface area contributed by atoms with Gasteiger partial charge in [-0.15, -0.1) is 0 Å². The van der Waals surface area contributed by atoms with Crippen LogP contribution in [0.25, 0.3) is 0 Å². The van der Waals surface area contributed by atoms with Crippen LogP contribution < -0.4 is 0 Å². The molecule has 0 amide bonds. The SMILES string of the molecule is CCOC(=O)C1CCCN1CC1CCC2(CCCC2)O1. The summed E-state index contributed by atoms with van der Waals surface area (Å²) in [4.78, 5) is 14.3. The van der Waals surface area contributed by atoms with Gasteiger partial charge in [-0.05, 0) is 52.0 Å². The molecule has 2 unspecified atom stereocenters. The van der Waals surface area contributed by atoms with E-state index in [1.165, 1.54) is 32.1 Å². The summed E-state index contributed by atoms with van der Waals surface area (Å²) in [6.45, 7) is 4.27. The second-order valence-corrected chi connectivity index (χ2v) is 6.57. The van der Waals surface area contributed by atoms with Crippen molar-refractivity contribution in [3.8, 4) is 0 Å². The van der Waals surface area contributed by atoms with E-state index >= 15 is 0 Å². The van der Waals surface area contributed by atoms with Gasteiger partial charge in [0.15, 0.2) is 0 Å². The molecule has 114 valence electrons. The third-order valence-electron chi connectivity index (χ3n) is 5.21. The number of hydrogen-bond acceptors (Lipinski definition) is 4. The number of nitrogens with zero attached hydrogens (tertiary/aromatic N) is 1. The lowest BCUT2D eigenvalue weighted by Crippen LogP contribution is -2.42. The summed E-state index contributed by atoms with van der Waals surface area (Å²) in [5.74, 6) is -0.0430. The minimum atomic E-state index is -0.0430. The molecule has 20 heavy (non-hydrogen) atoms. The second kappa shape index (κ2) is 6.02. The average Bonchev–Trinajstić information content (AvgIpc) is 3.14. The number of esters is 1. The maximum atomic E-state index is 12.0. The van der Waals surface area contributed by atoms with Crippen LogP contribution in [0.2, 0.25) is 0 Å². The molecule has 4 nitrogen and oxygen atoms in total. The van der Waals surface area contributed by atoms with Crippen LogP contribution >= 0.6 is 0 Å². The molecule has 2 saturated heterocycles. The van der Waals surface area contributed by atoms with E-state index in [0.29, 0.717) is 12.7 Å². The smallest absolute Gasteiger partial charge is 0.323 e. The van der Waals surface area contributed by atoms with Gasteiger partial charge < -0.3 is 9.47 Å². The van der Waals surface area contributed by atoms with E-state index in [1.807, 2.05) is 6.92 Å². The first-order chi connectivity index (χ1) is 9.72. The summed E-state index contributed by atoms with van der Waals surface area (Å²) in [6.07, 6.45) is 9.86. The third-order valence-corrected chi connectivity index (χ3v) is 5.21. The van der Waals surface area contributed by atoms with E-state index in [0.717, 1.165) is 32.4 Å². The minimum absolute atomic E-state index is 0.0290. The first kappa shape index (κ1) is 14.3. The minimum Gasteiger partial charge on any atom is -0.465 e. The Hall–Kier alpha value is -0.610.